The molecule has 1 fully saturated rings. The highest BCUT2D eigenvalue weighted by atomic mass is 19.1. The van der Waals surface area contributed by atoms with Gasteiger partial charge in [0.25, 0.3) is 0 Å². The Balaban J connectivity index is 2.05. The van der Waals surface area contributed by atoms with E-state index in [0.29, 0.717) is 6.42 Å². The van der Waals surface area contributed by atoms with Crippen LogP contribution >= 0.6 is 0 Å². The molecule has 2 rings (SSSR count). The number of rotatable bonds is 4. The number of nitrogens with zero attached hydrogens (tertiary/aromatic N) is 1. The number of halogens is 1. The van der Waals surface area contributed by atoms with Gasteiger partial charge in [-0.05, 0) is 57.8 Å². The van der Waals surface area contributed by atoms with Gasteiger partial charge in [-0.1, -0.05) is 24.6 Å². The topological polar surface area (TPSA) is 29.3 Å². The van der Waals surface area contributed by atoms with Crippen LogP contribution in [0, 0.1) is 5.82 Å². The molecular formula is C16H25FN2. The number of benzene rings is 1. The molecule has 1 aliphatic heterocycles. The van der Waals surface area contributed by atoms with Gasteiger partial charge in [-0.25, -0.2) is 4.39 Å². The lowest BCUT2D eigenvalue weighted by atomic mass is 9.86. The van der Waals surface area contributed by atoms with E-state index in [1.54, 1.807) is 6.07 Å². The molecule has 1 atom stereocenters. The Morgan fingerprint density at radius 3 is 2.47 bits per heavy atom. The van der Waals surface area contributed by atoms with Crippen LogP contribution in [0.5, 0.6) is 0 Å². The highest BCUT2D eigenvalue weighted by Crippen LogP contribution is 2.25. The molecule has 1 aromatic rings. The van der Waals surface area contributed by atoms with Crippen molar-refractivity contribution in [2.45, 2.75) is 51.1 Å². The van der Waals surface area contributed by atoms with Crippen LogP contribution in [0.4, 0.5) is 4.39 Å². The lowest BCUT2D eigenvalue weighted by molar-refractivity contribution is 0.0729. The van der Waals surface area contributed by atoms with Crippen molar-refractivity contribution in [1.29, 1.82) is 0 Å². The zero-order valence-electron chi connectivity index (χ0n) is 12.0. The second-order valence-corrected chi connectivity index (χ2v) is 6.10. The molecule has 1 unspecified atom stereocenters. The zero-order chi connectivity index (χ0) is 13.9. The average Bonchev–Trinajstić information content (AvgIpc) is 2.42. The summed E-state index contributed by atoms with van der Waals surface area (Å²) in [5, 5.41) is 0. The molecule has 0 radical (unpaired) electrons. The molecule has 2 nitrogen and oxygen atoms in total. The second-order valence-electron chi connectivity index (χ2n) is 6.10. The first-order valence-electron chi connectivity index (χ1n) is 7.26. The van der Waals surface area contributed by atoms with Crippen molar-refractivity contribution >= 4 is 0 Å². The van der Waals surface area contributed by atoms with Crippen LogP contribution in [-0.2, 0) is 6.42 Å². The van der Waals surface area contributed by atoms with E-state index in [1.165, 1.54) is 25.3 Å². The fourth-order valence-corrected chi connectivity index (χ4v) is 2.86. The van der Waals surface area contributed by atoms with E-state index in [9.17, 15) is 4.39 Å². The Hall–Kier alpha value is -0.930. The van der Waals surface area contributed by atoms with Crippen LogP contribution in [-0.4, -0.2) is 29.6 Å². The van der Waals surface area contributed by atoms with Crippen LogP contribution < -0.4 is 5.73 Å². The van der Waals surface area contributed by atoms with E-state index in [-0.39, 0.29) is 17.4 Å². The number of hydrogen-bond acceptors (Lipinski definition) is 2. The lowest BCUT2D eigenvalue weighted by Crippen LogP contribution is -2.58. The quantitative estimate of drug-likeness (QED) is 0.906. The molecule has 0 amide bonds. The first-order chi connectivity index (χ1) is 9.01. The minimum absolute atomic E-state index is 0.0532. The summed E-state index contributed by atoms with van der Waals surface area (Å²) in [6.45, 7) is 6.59. The Morgan fingerprint density at radius 1 is 1.21 bits per heavy atom. The first kappa shape index (κ1) is 14.5. The molecule has 0 spiro atoms. The van der Waals surface area contributed by atoms with Gasteiger partial charge in [-0.3, -0.25) is 4.90 Å². The summed E-state index contributed by atoms with van der Waals surface area (Å²) >= 11 is 0. The van der Waals surface area contributed by atoms with Crippen LogP contribution in [0.1, 0.15) is 38.7 Å². The van der Waals surface area contributed by atoms with E-state index in [4.69, 9.17) is 5.73 Å². The minimum Gasteiger partial charge on any atom is -0.326 e. The highest BCUT2D eigenvalue weighted by Gasteiger charge is 2.34. The van der Waals surface area contributed by atoms with Crippen LogP contribution in [0.15, 0.2) is 24.3 Å². The largest absolute Gasteiger partial charge is 0.326 e. The second kappa shape index (κ2) is 6.02. The predicted octanol–water partition coefficient (Wildman–Crippen LogP) is 2.96. The fraction of sp³-hybridized carbons (Fsp3) is 0.625. The Morgan fingerprint density at radius 2 is 1.84 bits per heavy atom. The van der Waals surface area contributed by atoms with Crippen molar-refractivity contribution in [3.05, 3.63) is 35.6 Å². The molecule has 1 saturated heterocycles. The third-order valence-corrected chi connectivity index (χ3v) is 4.48. The summed E-state index contributed by atoms with van der Waals surface area (Å²) in [4.78, 5) is 2.46. The van der Waals surface area contributed by atoms with Crippen molar-refractivity contribution in [3.63, 3.8) is 0 Å². The summed E-state index contributed by atoms with van der Waals surface area (Å²) in [5.74, 6) is -0.146. The van der Waals surface area contributed by atoms with Crippen LogP contribution in [0.2, 0.25) is 0 Å². The summed E-state index contributed by atoms with van der Waals surface area (Å²) in [5.41, 5.74) is 7.02. The summed E-state index contributed by atoms with van der Waals surface area (Å²) in [7, 11) is 0. The Kier molecular flexibility index (Phi) is 4.58. The average molecular weight is 264 g/mol. The maximum absolute atomic E-state index is 13.7. The Labute approximate surface area is 115 Å². The maximum Gasteiger partial charge on any atom is 0.126 e. The standard InChI is InChI=1S/C16H25FN2/c1-16(2,19-10-6-3-7-11-19)15(18)12-13-8-4-5-9-14(13)17/h4-5,8-9,15H,3,6-7,10-12,18H2,1-2H3. The molecule has 0 aromatic heterocycles. The van der Waals surface area contributed by atoms with Crippen LogP contribution in [0.3, 0.4) is 0 Å². The van der Waals surface area contributed by atoms with Gasteiger partial charge in [-0.15, -0.1) is 0 Å². The Bertz CT molecular complexity index is 411. The van der Waals surface area contributed by atoms with Gasteiger partial charge in [0, 0.05) is 11.6 Å². The molecule has 3 heteroatoms. The van der Waals surface area contributed by atoms with Gasteiger partial charge in [0.15, 0.2) is 0 Å². The molecule has 0 bridgehead atoms. The van der Waals surface area contributed by atoms with Gasteiger partial charge in [0.2, 0.25) is 0 Å². The van der Waals surface area contributed by atoms with Crippen molar-refractivity contribution in [3.8, 4) is 0 Å². The first-order valence-corrected chi connectivity index (χ1v) is 7.26. The van der Waals surface area contributed by atoms with Gasteiger partial charge in [0.05, 0.1) is 0 Å². The van der Waals surface area contributed by atoms with E-state index in [0.717, 1.165) is 18.7 Å². The molecule has 0 saturated carbocycles. The lowest BCUT2D eigenvalue weighted by Gasteiger charge is -2.44. The highest BCUT2D eigenvalue weighted by molar-refractivity contribution is 5.19. The molecular weight excluding hydrogens is 239 g/mol. The van der Waals surface area contributed by atoms with Gasteiger partial charge in [0.1, 0.15) is 5.82 Å². The van der Waals surface area contributed by atoms with Gasteiger partial charge in [-0.2, -0.15) is 0 Å². The van der Waals surface area contributed by atoms with Gasteiger partial charge < -0.3 is 5.73 Å². The van der Waals surface area contributed by atoms with Crippen molar-refractivity contribution in [2.75, 3.05) is 13.1 Å². The normalized spacial score (nSPS) is 19.4. The number of nitrogens with two attached hydrogens (primary N) is 1. The summed E-state index contributed by atoms with van der Waals surface area (Å²) in [6, 6.07) is 6.89. The smallest absolute Gasteiger partial charge is 0.126 e. The number of likely N-dealkylation sites (tertiary alicyclic amines) is 1. The van der Waals surface area contributed by atoms with E-state index < -0.39 is 0 Å². The predicted molar refractivity (Wildman–Crippen MR) is 77.6 cm³/mol. The number of hydrogen-bond donors (Lipinski definition) is 1. The maximum atomic E-state index is 13.7. The van der Waals surface area contributed by atoms with Crippen LogP contribution in [0.25, 0.3) is 0 Å². The van der Waals surface area contributed by atoms with E-state index in [1.807, 2.05) is 12.1 Å². The minimum atomic E-state index is -0.146. The molecule has 0 aliphatic carbocycles. The molecule has 1 aliphatic rings. The molecule has 2 N–H and O–H groups in total. The van der Waals surface area contributed by atoms with Crippen molar-refractivity contribution in [2.24, 2.45) is 5.73 Å². The summed E-state index contributed by atoms with van der Waals surface area (Å²) < 4.78 is 13.7. The monoisotopic (exact) mass is 264 g/mol. The molecule has 19 heavy (non-hydrogen) atoms. The van der Waals surface area contributed by atoms with Gasteiger partial charge >= 0.3 is 0 Å². The van der Waals surface area contributed by atoms with Crippen molar-refractivity contribution < 1.29 is 4.39 Å². The van der Waals surface area contributed by atoms with Crippen molar-refractivity contribution in [1.82, 2.24) is 4.90 Å². The fourth-order valence-electron chi connectivity index (χ4n) is 2.86. The van der Waals surface area contributed by atoms with E-state index >= 15 is 0 Å². The number of piperidine rings is 1. The molecule has 1 heterocycles. The molecule has 106 valence electrons. The zero-order valence-corrected chi connectivity index (χ0v) is 12.0. The van der Waals surface area contributed by atoms with E-state index in [2.05, 4.69) is 18.7 Å². The third-order valence-electron chi connectivity index (χ3n) is 4.48. The molecule has 1 aromatic carbocycles. The third kappa shape index (κ3) is 3.34. The SMILES string of the molecule is CC(C)(C(N)Cc1ccccc1F)N1CCCCC1. The summed E-state index contributed by atoms with van der Waals surface area (Å²) in [6.07, 6.45) is 4.40.